The maximum absolute atomic E-state index is 3.24. The van der Waals surface area contributed by atoms with Gasteiger partial charge in [-0.05, 0) is 31.1 Å². The van der Waals surface area contributed by atoms with E-state index in [4.69, 9.17) is 0 Å². The summed E-state index contributed by atoms with van der Waals surface area (Å²) in [5, 5.41) is 3.24. The molecule has 0 bridgehead atoms. The molecule has 1 N–H and O–H groups in total. The average molecular weight is 153 g/mol. The Balaban J connectivity index is 2.56. The maximum Gasteiger partial charge on any atom is 0.00637 e. The lowest BCUT2D eigenvalue weighted by Gasteiger charge is -2.20. The Labute approximate surface area is 69.9 Å². The number of hydrogen-bond acceptors (Lipinski definition) is 1. The van der Waals surface area contributed by atoms with Crippen molar-refractivity contribution in [1.82, 2.24) is 5.32 Å². The summed E-state index contributed by atoms with van der Waals surface area (Å²) in [5.41, 5.74) is 1.95. The van der Waals surface area contributed by atoms with Gasteiger partial charge in [-0.15, -0.1) is 0 Å². The van der Waals surface area contributed by atoms with E-state index in [1.54, 1.807) is 0 Å². The lowest BCUT2D eigenvalue weighted by Crippen LogP contribution is -2.07. The molecule has 0 aromatic rings. The van der Waals surface area contributed by atoms with E-state index in [0.717, 1.165) is 0 Å². The largest absolute Gasteiger partial charge is 0.392 e. The molecule has 1 rings (SSSR count). The van der Waals surface area contributed by atoms with Crippen LogP contribution in [-0.4, -0.2) is 7.05 Å². The molecule has 0 radical (unpaired) electrons. The Morgan fingerprint density at radius 1 is 1.45 bits per heavy atom. The molecule has 0 aliphatic heterocycles. The van der Waals surface area contributed by atoms with Gasteiger partial charge in [-0.3, -0.25) is 0 Å². The Morgan fingerprint density at radius 3 is 2.82 bits per heavy atom. The van der Waals surface area contributed by atoms with Crippen molar-refractivity contribution < 1.29 is 0 Å². The molecule has 0 saturated heterocycles. The van der Waals surface area contributed by atoms with E-state index in [9.17, 15) is 0 Å². The topological polar surface area (TPSA) is 12.0 Å². The van der Waals surface area contributed by atoms with Crippen molar-refractivity contribution in [2.75, 3.05) is 7.05 Å². The highest BCUT2D eigenvalue weighted by atomic mass is 14.8. The minimum Gasteiger partial charge on any atom is -0.392 e. The van der Waals surface area contributed by atoms with E-state index in [1.165, 1.54) is 31.4 Å². The lowest BCUT2D eigenvalue weighted by atomic mass is 9.86. The SMILES string of the molecule is CNC1=CCC(C)(C)CCC1. The predicted molar refractivity (Wildman–Crippen MR) is 49.4 cm³/mol. The van der Waals surface area contributed by atoms with Crippen LogP contribution in [0.25, 0.3) is 0 Å². The van der Waals surface area contributed by atoms with Gasteiger partial charge in [0.2, 0.25) is 0 Å². The van der Waals surface area contributed by atoms with E-state index in [0.29, 0.717) is 5.41 Å². The summed E-state index contributed by atoms with van der Waals surface area (Å²) >= 11 is 0. The van der Waals surface area contributed by atoms with Crippen molar-refractivity contribution in [2.24, 2.45) is 5.41 Å². The summed E-state index contributed by atoms with van der Waals surface area (Å²) in [6.45, 7) is 4.70. The zero-order valence-electron chi connectivity index (χ0n) is 7.91. The van der Waals surface area contributed by atoms with Gasteiger partial charge in [0.1, 0.15) is 0 Å². The van der Waals surface area contributed by atoms with E-state index in [1.807, 2.05) is 7.05 Å². The van der Waals surface area contributed by atoms with Crippen molar-refractivity contribution in [3.63, 3.8) is 0 Å². The molecule has 0 aromatic heterocycles. The van der Waals surface area contributed by atoms with Crippen LogP contribution < -0.4 is 5.32 Å². The van der Waals surface area contributed by atoms with Gasteiger partial charge in [-0.2, -0.15) is 0 Å². The van der Waals surface area contributed by atoms with Gasteiger partial charge in [-0.1, -0.05) is 19.9 Å². The zero-order valence-corrected chi connectivity index (χ0v) is 7.91. The first kappa shape index (κ1) is 8.63. The van der Waals surface area contributed by atoms with Crippen LogP contribution in [0.2, 0.25) is 0 Å². The summed E-state index contributed by atoms with van der Waals surface area (Å²) in [6, 6.07) is 0. The molecular weight excluding hydrogens is 134 g/mol. The molecule has 1 nitrogen and oxygen atoms in total. The Morgan fingerprint density at radius 2 is 2.18 bits per heavy atom. The number of hydrogen-bond donors (Lipinski definition) is 1. The zero-order chi connectivity index (χ0) is 8.32. The molecule has 11 heavy (non-hydrogen) atoms. The third-order valence-electron chi connectivity index (χ3n) is 2.52. The number of rotatable bonds is 1. The first-order valence-corrected chi connectivity index (χ1v) is 4.51. The minimum absolute atomic E-state index is 0.526. The molecule has 0 atom stereocenters. The fourth-order valence-corrected chi connectivity index (χ4v) is 1.59. The van der Waals surface area contributed by atoms with Crippen LogP contribution in [0.5, 0.6) is 0 Å². The average Bonchev–Trinajstić information content (AvgIpc) is 2.10. The van der Waals surface area contributed by atoms with Gasteiger partial charge in [-0.25, -0.2) is 0 Å². The first-order chi connectivity index (χ1) is 5.14. The van der Waals surface area contributed by atoms with Gasteiger partial charge in [0.25, 0.3) is 0 Å². The van der Waals surface area contributed by atoms with E-state index in [-0.39, 0.29) is 0 Å². The highest BCUT2D eigenvalue weighted by Gasteiger charge is 2.18. The van der Waals surface area contributed by atoms with Crippen LogP contribution in [0.4, 0.5) is 0 Å². The Kier molecular flexibility index (Phi) is 2.58. The Bertz CT molecular complexity index is 156. The Hall–Kier alpha value is -0.460. The molecule has 0 unspecified atom stereocenters. The monoisotopic (exact) mass is 153 g/mol. The molecule has 0 saturated carbocycles. The predicted octanol–water partition coefficient (Wildman–Crippen LogP) is 2.69. The summed E-state index contributed by atoms with van der Waals surface area (Å²) in [6.07, 6.45) is 7.50. The van der Waals surface area contributed by atoms with Gasteiger partial charge in [0, 0.05) is 12.7 Å². The molecule has 0 fully saturated rings. The second-order valence-electron chi connectivity index (χ2n) is 4.20. The first-order valence-electron chi connectivity index (χ1n) is 4.51. The molecule has 64 valence electrons. The summed E-state index contributed by atoms with van der Waals surface area (Å²) in [4.78, 5) is 0. The van der Waals surface area contributed by atoms with Crippen LogP contribution in [0, 0.1) is 5.41 Å². The van der Waals surface area contributed by atoms with Gasteiger partial charge in [0.05, 0.1) is 0 Å². The summed E-state index contributed by atoms with van der Waals surface area (Å²) in [7, 11) is 2.02. The standard InChI is InChI=1S/C10H19N/c1-10(2)7-4-5-9(11-3)6-8-10/h6,11H,4-5,7-8H2,1-3H3. The van der Waals surface area contributed by atoms with Crippen molar-refractivity contribution in [3.8, 4) is 0 Å². The van der Waals surface area contributed by atoms with Gasteiger partial charge >= 0.3 is 0 Å². The minimum atomic E-state index is 0.526. The quantitative estimate of drug-likeness (QED) is 0.610. The fraction of sp³-hybridized carbons (Fsp3) is 0.800. The second kappa shape index (κ2) is 3.29. The fourth-order valence-electron chi connectivity index (χ4n) is 1.59. The van der Waals surface area contributed by atoms with Crippen LogP contribution in [0.3, 0.4) is 0 Å². The summed E-state index contributed by atoms with van der Waals surface area (Å²) in [5.74, 6) is 0. The molecule has 0 amide bonds. The third-order valence-corrected chi connectivity index (χ3v) is 2.52. The molecule has 1 aliphatic carbocycles. The van der Waals surface area contributed by atoms with Crippen LogP contribution in [0.15, 0.2) is 11.8 Å². The lowest BCUT2D eigenvalue weighted by molar-refractivity contribution is 0.337. The van der Waals surface area contributed by atoms with Crippen LogP contribution >= 0.6 is 0 Å². The van der Waals surface area contributed by atoms with Gasteiger partial charge in [0.15, 0.2) is 0 Å². The number of nitrogens with one attached hydrogen (secondary N) is 1. The summed E-state index contributed by atoms with van der Waals surface area (Å²) < 4.78 is 0. The van der Waals surface area contributed by atoms with Gasteiger partial charge < -0.3 is 5.32 Å². The smallest absolute Gasteiger partial charge is 0.00637 e. The highest BCUT2D eigenvalue weighted by Crippen LogP contribution is 2.31. The maximum atomic E-state index is 3.24. The normalized spacial score (nSPS) is 23.7. The van der Waals surface area contributed by atoms with E-state index in [2.05, 4.69) is 25.2 Å². The van der Waals surface area contributed by atoms with Crippen LogP contribution in [0.1, 0.15) is 39.5 Å². The second-order valence-corrected chi connectivity index (χ2v) is 4.20. The van der Waals surface area contributed by atoms with Crippen molar-refractivity contribution >= 4 is 0 Å². The van der Waals surface area contributed by atoms with Crippen LogP contribution in [-0.2, 0) is 0 Å². The molecule has 1 heteroatoms. The van der Waals surface area contributed by atoms with Crippen molar-refractivity contribution in [2.45, 2.75) is 39.5 Å². The van der Waals surface area contributed by atoms with Crippen molar-refractivity contribution in [3.05, 3.63) is 11.8 Å². The van der Waals surface area contributed by atoms with Crippen molar-refractivity contribution in [1.29, 1.82) is 0 Å². The molecule has 0 spiro atoms. The molecule has 0 heterocycles. The van der Waals surface area contributed by atoms with E-state index < -0.39 is 0 Å². The van der Waals surface area contributed by atoms with E-state index >= 15 is 0 Å². The third kappa shape index (κ3) is 2.57. The molecule has 1 aliphatic rings. The highest BCUT2D eigenvalue weighted by molar-refractivity contribution is 5.03. The molecular formula is C10H19N. The number of allylic oxidation sites excluding steroid dienone is 2. The molecule has 0 aromatic carbocycles.